The van der Waals surface area contributed by atoms with Gasteiger partial charge in [0.2, 0.25) is 5.89 Å². The molecule has 1 aliphatic rings. The zero-order valence-electron chi connectivity index (χ0n) is 13.4. The van der Waals surface area contributed by atoms with Crippen LogP contribution < -0.4 is 4.74 Å². The second kappa shape index (κ2) is 6.27. The third kappa shape index (κ3) is 3.01. The Morgan fingerprint density at radius 3 is 3.04 bits per heavy atom. The molecule has 1 unspecified atom stereocenters. The molecule has 0 radical (unpaired) electrons. The van der Waals surface area contributed by atoms with E-state index in [0.29, 0.717) is 11.8 Å². The van der Waals surface area contributed by atoms with Crippen LogP contribution in [0.4, 0.5) is 0 Å². The van der Waals surface area contributed by atoms with Gasteiger partial charge in [0, 0.05) is 12.0 Å². The molecule has 3 aromatic rings. The number of rotatable bonds is 6. The van der Waals surface area contributed by atoms with Crippen molar-refractivity contribution in [2.75, 3.05) is 7.11 Å². The summed E-state index contributed by atoms with van der Waals surface area (Å²) in [5.41, 5.74) is 0.943. The van der Waals surface area contributed by atoms with Crippen LogP contribution >= 0.6 is 11.8 Å². The highest BCUT2D eigenvalue weighted by molar-refractivity contribution is 7.99. The Labute approximate surface area is 143 Å². The van der Waals surface area contributed by atoms with Gasteiger partial charge >= 0.3 is 0 Å². The van der Waals surface area contributed by atoms with Crippen molar-refractivity contribution in [2.45, 2.75) is 36.1 Å². The van der Waals surface area contributed by atoms with E-state index in [1.165, 1.54) is 11.8 Å². The molecule has 4 rings (SSSR count). The van der Waals surface area contributed by atoms with E-state index in [4.69, 9.17) is 9.26 Å². The number of ether oxygens (including phenoxy) is 1. The number of hydrogen-bond acceptors (Lipinski definition) is 7. The quantitative estimate of drug-likeness (QED) is 0.635. The lowest BCUT2D eigenvalue weighted by Gasteiger charge is -2.09. The van der Waals surface area contributed by atoms with Gasteiger partial charge in [-0.15, -0.1) is 10.2 Å². The summed E-state index contributed by atoms with van der Waals surface area (Å²) >= 11 is 1.54. The van der Waals surface area contributed by atoms with Crippen molar-refractivity contribution >= 4 is 11.8 Å². The summed E-state index contributed by atoms with van der Waals surface area (Å²) in [5.74, 6) is 2.73. The van der Waals surface area contributed by atoms with Gasteiger partial charge in [-0.2, -0.15) is 4.98 Å². The van der Waals surface area contributed by atoms with Gasteiger partial charge in [0.25, 0.3) is 0 Å². The maximum atomic E-state index is 5.40. The molecule has 0 amide bonds. The van der Waals surface area contributed by atoms with Crippen LogP contribution in [0.1, 0.15) is 42.6 Å². The molecule has 1 fully saturated rings. The van der Waals surface area contributed by atoms with E-state index in [0.717, 1.165) is 35.3 Å². The number of thioether (sulfide) groups is 1. The third-order valence-electron chi connectivity index (χ3n) is 3.88. The molecule has 0 bridgehead atoms. The molecule has 1 saturated carbocycles. The summed E-state index contributed by atoms with van der Waals surface area (Å²) in [6, 6.07) is 7.77. The van der Waals surface area contributed by atoms with Gasteiger partial charge in [-0.25, -0.2) is 0 Å². The fourth-order valence-electron chi connectivity index (χ4n) is 2.37. The highest BCUT2D eigenvalue weighted by Crippen LogP contribution is 2.40. The van der Waals surface area contributed by atoms with Gasteiger partial charge in [-0.05, 0) is 31.9 Å². The van der Waals surface area contributed by atoms with Crippen LogP contribution in [0.2, 0.25) is 0 Å². The maximum absolute atomic E-state index is 5.40. The first kappa shape index (κ1) is 15.2. The molecule has 2 heterocycles. The SMILES string of the molecule is COc1cccc(-n2cnnc2SC(C)c2nc(C3CC3)no2)c1. The van der Waals surface area contributed by atoms with Gasteiger partial charge in [-0.3, -0.25) is 4.57 Å². The molecule has 124 valence electrons. The topological polar surface area (TPSA) is 78.9 Å². The van der Waals surface area contributed by atoms with Crippen molar-refractivity contribution in [2.24, 2.45) is 0 Å². The highest BCUT2D eigenvalue weighted by Gasteiger charge is 2.30. The third-order valence-corrected chi connectivity index (χ3v) is 4.92. The van der Waals surface area contributed by atoms with Crippen LogP contribution in [-0.2, 0) is 0 Å². The van der Waals surface area contributed by atoms with Gasteiger partial charge in [-0.1, -0.05) is 23.0 Å². The first-order chi connectivity index (χ1) is 11.7. The predicted octanol–water partition coefficient (Wildman–Crippen LogP) is 3.39. The molecule has 1 aromatic carbocycles. The first-order valence-corrected chi connectivity index (χ1v) is 8.67. The lowest BCUT2D eigenvalue weighted by molar-refractivity contribution is 0.374. The average molecular weight is 343 g/mol. The summed E-state index contributed by atoms with van der Waals surface area (Å²) in [6.07, 6.45) is 4.00. The second-order valence-electron chi connectivity index (χ2n) is 5.71. The number of hydrogen-bond donors (Lipinski definition) is 0. The largest absolute Gasteiger partial charge is 0.497 e. The predicted molar refractivity (Wildman–Crippen MR) is 88.5 cm³/mol. The van der Waals surface area contributed by atoms with Crippen LogP contribution in [0.25, 0.3) is 5.69 Å². The molecule has 2 aromatic heterocycles. The summed E-state index contributed by atoms with van der Waals surface area (Å²) < 4.78 is 12.6. The monoisotopic (exact) mass is 343 g/mol. The van der Waals surface area contributed by atoms with Crippen LogP contribution in [0.3, 0.4) is 0 Å². The van der Waals surface area contributed by atoms with E-state index in [2.05, 4.69) is 20.3 Å². The van der Waals surface area contributed by atoms with Crippen molar-refractivity contribution in [1.29, 1.82) is 0 Å². The van der Waals surface area contributed by atoms with Crippen LogP contribution in [0.5, 0.6) is 5.75 Å². The minimum absolute atomic E-state index is 0.00134. The fraction of sp³-hybridized carbons (Fsp3) is 0.375. The molecule has 24 heavy (non-hydrogen) atoms. The normalized spacial score (nSPS) is 15.4. The molecule has 1 atom stereocenters. The van der Waals surface area contributed by atoms with Crippen molar-refractivity contribution in [1.82, 2.24) is 24.9 Å². The van der Waals surface area contributed by atoms with Crippen molar-refractivity contribution in [3.63, 3.8) is 0 Å². The standard InChI is InChI=1S/C16H17N5O2S/c1-10(15-18-14(20-23-15)11-6-7-11)24-16-19-17-9-21(16)12-4-3-5-13(8-12)22-2/h3-5,8-11H,6-7H2,1-2H3. The van der Waals surface area contributed by atoms with Gasteiger partial charge in [0.15, 0.2) is 11.0 Å². The zero-order chi connectivity index (χ0) is 16.5. The fourth-order valence-corrected chi connectivity index (χ4v) is 3.24. The Bertz CT molecular complexity index is 842. The lowest BCUT2D eigenvalue weighted by Crippen LogP contribution is -1.98. The van der Waals surface area contributed by atoms with Crippen LogP contribution in [0.15, 0.2) is 40.3 Å². The zero-order valence-corrected chi connectivity index (χ0v) is 14.2. The minimum atomic E-state index is -0.00134. The Morgan fingerprint density at radius 2 is 2.25 bits per heavy atom. The molecule has 0 spiro atoms. The molecule has 8 heteroatoms. The van der Waals surface area contributed by atoms with E-state index in [1.807, 2.05) is 35.8 Å². The van der Waals surface area contributed by atoms with E-state index in [1.54, 1.807) is 13.4 Å². The first-order valence-electron chi connectivity index (χ1n) is 7.79. The molecular weight excluding hydrogens is 326 g/mol. The number of methoxy groups -OCH3 is 1. The van der Waals surface area contributed by atoms with Crippen molar-refractivity contribution in [3.8, 4) is 11.4 Å². The maximum Gasteiger partial charge on any atom is 0.239 e. The number of benzene rings is 1. The van der Waals surface area contributed by atoms with Crippen LogP contribution in [-0.4, -0.2) is 32.0 Å². The Morgan fingerprint density at radius 1 is 1.38 bits per heavy atom. The molecule has 0 N–H and O–H groups in total. The summed E-state index contributed by atoms with van der Waals surface area (Å²) in [7, 11) is 1.65. The molecule has 7 nitrogen and oxygen atoms in total. The van der Waals surface area contributed by atoms with E-state index in [-0.39, 0.29) is 5.25 Å². The summed E-state index contributed by atoms with van der Waals surface area (Å²) in [6.45, 7) is 2.03. The van der Waals surface area contributed by atoms with Crippen molar-refractivity contribution < 1.29 is 9.26 Å². The van der Waals surface area contributed by atoms with Gasteiger partial charge in [0.05, 0.1) is 18.0 Å². The minimum Gasteiger partial charge on any atom is -0.497 e. The van der Waals surface area contributed by atoms with Gasteiger partial charge < -0.3 is 9.26 Å². The van der Waals surface area contributed by atoms with E-state index >= 15 is 0 Å². The number of aromatic nitrogens is 5. The Kier molecular flexibility index (Phi) is 3.97. The lowest BCUT2D eigenvalue weighted by atomic mass is 10.3. The highest BCUT2D eigenvalue weighted by atomic mass is 32.2. The summed E-state index contributed by atoms with van der Waals surface area (Å²) in [4.78, 5) is 4.51. The van der Waals surface area contributed by atoms with Crippen molar-refractivity contribution in [3.05, 3.63) is 42.3 Å². The average Bonchev–Trinajstić information content (AvgIpc) is 3.16. The van der Waals surface area contributed by atoms with Gasteiger partial charge in [0.1, 0.15) is 12.1 Å². The molecule has 0 saturated heterocycles. The number of nitrogens with zero attached hydrogens (tertiary/aromatic N) is 5. The molecule has 0 aliphatic heterocycles. The Balaban J connectivity index is 1.55. The van der Waals surface area contributed by atoms with E-state index in [9.17, 15) is 0 Å². The van der Waals surface area contributed by atoms with Crippen LogP contribution in [0, 0.1) is 0 Å². The molecular formula is C16H17N5O2S. The summed E-state index contributed by atoms with van der Waals surface area (Å²) in [5, 5.41) is 13.1. The smallest absolute Gasteiger partial charge is 0.239 e. The molecule has 1 aliphatic carbocycles. The Hall–Kier alpha value is -2.35. The second-order valence-corrected chi connectivity index (χ2v) is 7.02. The van der Waals surface area contributed by atoms with E-state index < -0.39 is 0 Å².